The van der Waals surface area contributed by atoms with Gasteiger partial charge in [0.25, 0.3) is 0 Å². The molecule has 0 aromatic carbocycles. The van der Waals surface area contributed by atoms with Crippen molar-refractivity contribution in [2.75, 3.05) is 13.2 Å². The molecule has 1 radical (unpaired) electrons. The highest BCUT2D eigenvalue weighted by molar-refractivity contribution is 5.47. The van der Waals surface area contributed by atoms with Crippen LogP contribution in [0.5, 0.6) is 0 Å². The average molecular weight is 128 g/mol. The van der Waals surface area contributed by atoms with Crippen LogP contribution >= 0.6 is 0 Å². The maximum absolute atomic E-state index is 9.80. The fourth-order valence-electron chi connectivity index (χ4n) is 0.925. The summed E-state index contributed by atoms with van der Waals surface area (Å²) in [7, 11) is 0. The molecule has 1 aliphatic rings. The van der Waals surface area contributed by atoms with Gasteiger partial charge < -0.3 is 10.1 Å². The van der Waals surface area contributed by atoms with E-state index in [-0.39, 0.29) is 0 Å². The largest absolute Gasteiger partial charge is 0.381 e. The zero-order valence-corrected chi connectivity index (χ0v) is 5.22. The molecule has 0 aromatic rings. The van der Waals surface area contributed by atoms with Crippen molar-refractivity contribution < 1.29 is 9.53 Å². The Labute approximate surface area is 54.4 Å². The lowest BCUT2D eigenvalue weighted by atomic mass is 10.1. The molecule has 0 aliphatic carbocycles. The Morgan fingerprint density at radius 3 is 2.67 bits per heavy atom. The first kappa shape index (κ1) is 6.55. The summed E-state index contributed by atoms with van der Waals surface area (Å²) in [5, 5.41) is 2.60. The lowest BCUT2D eigenvalue weighted by molar-refractivity contribution is 0.0823. The highest BCUT2D eigenvalue weighted by Crippen LogP contribution is 2.04. The molecule has 1 heterocycles. The monoisotopic (exact) mass is 128 g/mol. The van der Waals surface area contributed by atoms with Gasteiger partial charge in [-0.3, -0.25) is 4.79 Å². The molecule has 0 atom stereocenters. The molecule has 1 amide bonds. The lowest BCUT2D eigenvalue weighted by Gasteiger charge is -2.20. The number of ether oxygens (including phenoxy) is 1. The van der Waals surface area contributed by atoms with E-state index in [4.69, 9.17) is 4.74 Å². The van der Waals surface area contributed by atoms with Gasteiger partial charge in [0, 0.05) is 19.3 Å². The van der Waals surface area contributed by atoms with E-state index in [2.05, 4.69) is 5.32 Å². The van der Waals surface area contributed by atoms with Crippen molar-refractivity contribution in [1.29, 1.82) is 0 Å². The van der Waals surface area contributed by atoms with E-state index >= 15 is 0 Å². The summed E-state index contributed by atoms with van der Waals surface area (Å²) in [6, 6.07) is 0.302. The highest BCUT2D eigenvalue weighted by Gasteiger charge is 2.11. The number of carbonyl (C=O) groups excluding carboxylic acids is 1. The average Bonchev–Trinajstić information content (AvgIpc) is 1.91. The van der Waals surface area contributed by atoms with Gasteiger partial charge in [0.15, 0.2) is 0 Å². The molecular formula is C6H10NO2. The lowest BCUT2D eigenvalue weighted by Crippen LogP contribution is -2.33. The van der Waals surface area contributed by atoms with Gasteiger partial charge >= 0.3 is 6.41 Å². The van der Waals surface area contributed by atoms with Crippen LogP contribution in [0.3, 0.4) is 0 Å². The topological polar surface area (TPSA) is 38.3 Å². The van der Waals surface area contributed by atoms with Gasteiger partial charge in [-0.1, -0.05) is 0 Å². The zero-order valence-electron chi connectivity index (χ0n) is 5.22. The van der Waals surface area contributed by atoms with Gasteiger partial charge in [0.05, 0.1) is 0 Å². The molecule has 3 nitrogen and oxygen atoms in total. The fraction of sp³-hybridized carbons (Fsp3) is 0.833. The Morgan fingerprint density at radius 1 is 1.44 bits per heavy atom. The summed E-state index contributed by atoms with van der Waals surface area (Å²) in [6.45, 7) is 1.53. The van der Waals surface area contributed by atoms with Crippen LogP contribution in [0, 0.1) is 0 Å². The van der Waals surface area contributed by atoms with E-state index in [1.165, 1.54) is 0 Å². The highest BCUT2D eigenvalue weighted by atomic mass is 16.5. The Bertz CT molecular complexity index is 89.1. The third-order valence-electron chi connectivity index (χ3n) is 1.48. The van der Waals surface area contributed by atoms with Crippen molar-refractivity contribution in [1.82, 2.24) is 5.32 Å². The second-order valence-electron chi connectivity index (χ2n) is 2.13. The number of amides is 1. The first-order valence-electron chi connectivity index (χ1n) is 3.14. The van der Waals surface area contributed by atoms with Gasteiger partial charge in [-0.25, -0.2) is 0 Å². The van der Waals surface area contributed by atoms with E-state index in [0.29, 0.717) is 6.04 Å². The Hall–Kier alpha value is -0.570. The molecule has 51 valence electrons. The molecule has 1 aliphatic heterocycles. The normalized spacial score (nSPS) is 21.3. The number of rotatable bonds is 2. The quantitative estimate of drug-likeness (QED) is 0.524. The van der Waals surface area contributed by atoms with Crippen molar-refractivity contribution in [3.8, 4) is 0 Å². The maximum atomic E-state index is 9.80. The molecule has 9 heavy (non-hydrogen) atoms. The third kappa shape index (κ3) is 2.01. The third-order valence-corrected chi connectivity index (χ3v) is 1.48. The minimum atomic E-state index is 0.302. The van der Waals surface area contributed by atoms with E-state index in [1.807, 2.05) is 0 Å². The summed E-state index contributed by atoms with van der Waals surface area (Å²) < 4.78 is 5.08. The van der Waals surface area contributed by atoms with Crippen LogP contribution in [0.2, 0.25) is 0 Å². The fourth-order valence-corrected chi connectivity index (χ4v) is 0.925. The molecule has 0 saturated carbocycles. The number of hydrogen-bond donors (Lipinski definition) is 1. The van der Waals surface area contributed by atoms with Gasteiger partial charge in [0.2, 0.25) is 0 Å². The van der Waals surface area contributed by atoms with Crippen molar-refractivity contribution >= 4 is 6.41 Å². The molecule has 0 unspecified atom stereocenters. The predicted octanol–water partition coefficient (Wildman–Crippen LogP) is -0.178. The summed E-state index contributed by atoms with van der Waals surface area (Å²) >= 11 is 0. The van der Waals surface area contributed by atoms with Crippen LogP contribution in [-0.2, 0) is 9.53 Å². The summed E-state index contributed by atoms with van der Waals surface area (Å²) in [5.74, 6) is 0. The first-order chi connectivity index (χ1) is 4.43. The molecule has 1 fully saturated rings. The number of nitrogens with one attached hydrogen (secondary N) is 1. The summed E-state index contributed by atoms with van der Waals surface area (Å²) in [5.41, 5.74) is 0. The minimum Gasteiger partial charge on any atom is -0.381 e. The molecule has 1 N–H and O–H groups in total. The zero-order chi connectivity index (χ0) is 6.53. The molecule has 1 rings (SSSR count). The van der Waals surface area contributed by atoms with Crippen molar-refractivity contribution in [2.45, 2.75) is 18.9 Å². The van der Waals surface area contributed by atoms with Crippen LogP contribution < -0.4 is 5.32 Å². The first-order valence-corrected chi connectivity index (χ1v) is 3.14. The second kappa shape index (κ2) is 3.45. The molecule has 3 heteroatoms. The summed E-state index contributed by atoms with van der Waals surface area (Å²) in [4.78, 5) is 9.80. The minimum absolute atomic E-state index is 0.302. The van der Waals surface area contributed by atoms with Crippen molar-refractivity contribution in [3.05, 3.63) is 0 Å². The summed E-state index contributed by atoms with van der Waals surface area (Å²) in [6.07, 6.45) is 3.53. The molecule has 0 aromatic heterocycles. The predicted molar refractivity (Wildman–Crippen MR) is 32.7 cm³/mol. The second-order valence-corrected chi connectivity index (χ2v) is 2.13. The van der Waals surface area contributed by atoms with Gasteiger partial charge in [-0.05, 0) is 12.8 Å². The van der Waals surface area contributed by atoms with Crippen LogP contribution in [0.1, 0.15) is 12.8 Å². The van der Waals surface area contributed by atoms with Crippen molar-refractivity contribution in [3.63, 3.8) is 0 Å². The molecular weight excluding hydrogens is 118 g/mol. The Morgan fingerprint density at radius 2 is 2.11 bits per heavy atom. The molecule has 0 spiro atoms. The molecule has 1 saturated heterocycles. The van der Waals surface area contributed by atoms with Crippen LogP contribution in [0.15, 0.2) is 0 Å². The van der Waals surface area contributed by atoms with E-state index in [0.717, 1.165) is 26.1 Å². The van der Waals surface area contributed by atoms with Crippen molar-refractivity contribution in [2.24, 2.45) is 0 Å². The van der Waals surface area contributed by atoms with Crippen LogP contribution in [-0.4, -0.2) is 25.7 Å². The van der Waals surface area contributed by atoms with E-state index in [1.54, 1.807) is 6.41 Å². The smallest absolute Gasteiger partial charge is 0.309 e. The Balaban J connectivity index is 2.15. The Kier molecular flexibility index (Phi) is 2.51. The van der Waals surface area contributed by atoms with Gasteiger partial charge in [-0.2, -0.15) is 0 Å². The standard InChI is InChI=1S/C6H10NO2/c8-5-7-6-1-3-9-4-2-6/h6H,1-4H2,(H,7,8). The number of hydrogen-bond acceptors (Lipinski definition) is 2. The SMILES string of the molecule is O=[C]NC1CCOCC1. The molecule has 0 bridgehead atoms. The maximum Gasteiger partial charge on any atom is 0.309 e. The van der Waals surface area contributed by atoms with Gasteiger partial charge in [-0.15, -0.1) is 0 Å². The van der Waals surface area contributed by atoms with E-state index < -0.39 is 0 Å². The van der Waals surface area contributed by atoms with Crippen LogP contribution in [0.4, 0.5) is 0 Å². The van der Waals surface area contributed by atoms with Gasteiger partial charge in [0.1, 0.15) is 0 Å². The van der Waals surface area contributed by atoms with E-state index in [9.17, 15) is 4.79 Å². The van der Waals surface area contributed by atoms with Crippen LogP contribution in [0.25, 0.3) is 0 Å².